The molecule has 3 amide bonds. The first-order valence-electron chi connectivity index (χ1n) is 9.85. The van der Waals surface area contributed by atoms with Crippen LogP contribution in [0.15, 0.2) is 18.2 Å². The van der Waals surface area contributed by atoms with E-state index in [0.717, 1.165) is 22.4 Å². The number of nitrogens with zero attached hydrogens (tertiary/aromatic N) is 1. The lowest BCUT2D eigenvalue weighted by molar-refractivity contribution is -0.154. The molecule has 30 heavy (non-hydrogen) atoms. The van der Waals surface area contributed by atoms with Gasteiger partial charge in [-0.15, -0.1) is 0 Å². The Hall–Kier alpha value is -1.74. The minimum atomic E-state index is -0.772. The van der Waals surface area contributed by atoms with Gasteiger partial charge in [0.2, 0.25) is 11.8 Å². The molecule has 9 heteroatoms. The molecule has 0 unspecified atom stereocenters. The van der Waals surface area contributed by atoms with Gasteiger partial charge in [-0.05, 0) is 49.3 Å². The number of amides is 3. The van der Waals surface area contributed by atoms with E-state index in [2.05, 4.69) is 37.2 Å². The first-order chi connectivity index (χ1) is 14.2. The summed E-state index contributed by atoms with van der Waals surface area (Å²) in [5.41, 5.74) is 2.62. The van der Waals surface area contributed by atoms with Gasteiger partial charge in [-0.1, -0.05) is 44.0 Å². The van der Waals surface area contributed by atoms with Crippen molar-refractivity contribution in [2.45, 2.75) is 29.9 Å². The summed E-state index contributed by atoms with van der Waals surface area (Å²) in [5, 5.41) is 2.71. The second kappa shape index (κ2) is 8.07. The third kappa shape index (κ3) is 3.49. The Morgan fingerprint density at radius 3 is 2.30 bits per heavy atom. The number of fused-ring (bicyclic) bond motifs is 5. The molecule has 0 radical (unpaired) electrons. The van der Waals surface area contributed by atoms with E-state index < -0.39 is 25.0 Å². The van der Waals surface area contributed by atoms with Crippen molar-refractivity contribution in [2.24, 2.45) is 23.7 Å². The molecule has 0 spiro atoms. The molecule has 1 N–H and O–H groups in total. The average Bonchev–Trinajstić information content (AvgIpc) is 3.31. The number of anilines is 1. The van der Waals surface area contributed by atoms with Gasteiger partial charge in [0.05, 0.1) is 11.8 Å². The molecule has 3 aliphatic rings. The van der Waals surface area contributed by atoms with E-state index in [4.69, 9.17) is 4.74 Å². The van der Waals surface area contributed by atoms with Gasteiger partial charge in [-0.2, -0.15) is 0 Å². The van der Waals surface area contributed by atoms with Crippen LogP contribution in [-0.4, -0.2) is 51.4 Å². The molecule has 2 bridgehead atoms. The highest BCUT2D eigenvalue weighted by atomic mass is 79.9. The molecular formula is C21H22Br2N2O5. The van der Waals surface area contributed by atoms with Crippen LogP contribution in [0.4, 0.5) is 5.69 Å². The zero-order chi connectivity index (χ0) is 21.7. The summed E-state index contributed by atoms with van der Waals surface area (Å²) >= 11 is 7.26. The zero-order valence-electron chi connectivity index (χ0n) is 16.6. The summed E-state index contributed by atoms with van der Waals surface area (Å²) in [5.74, 6) is -2.44. The fourth-order valence-corrected chi connectivity index (χ4v) is 6.83. The van der Waals surface area contributed by atoms with Crippen molar-refractivity contribution in [3.8, 4) is 0 Å². The predicted octanol–water partition coefficient (Wildman–Crippen LogP) is 2.56. The molecule has 2 saturated carbocycles. The first kappa shape index (κ1) is 21.5. The van der Waals surface area contributed by atoms with Crippen molar-refractivity contribution in [3.05, 3.63) is 29.3 Å². The van der Waals surface area contributed by atoms with Crippen LogP contribution in [0.5, 0.6) is 0 Å². The maximum absolute atomic E-state index is 12.8. The molecule has 160 valence electrons. The lowest BCUT2D eigenvalue weighted by atomic mass is 9.81. The molecule has 1 heterocycles. The molecule has 7 nitrogen and oxygen atoms in total. The summed E-state index contributed by atoms with van der Waals surface area (Å²) in [7, 11) is 0. The van der Waals surface area contributed by atoms with Crippen LogP contribution in [0.25, 0.3) is 0 Å². The number of esters is 1. The SMILES string of the molecule is Cc1cccc(NC(=O)COC(=O)CN2C(=O)[C@@H]3[C@H]4C[C@@H]([C@H](Br)[C@H]4Br)[C@@H]3C2=O)c1C. The molecule has 2 aliphatic carbocycles. The number of carbonyl (C=O) groups is 4. The molecule has 4 rings (SSSR count). The average molecular weight is 542 g/mol. The van der Waals surface area contributed by atoms with Crippen molar-refractivity contribution < 1.29 is 23.9 Å². The van der Waals surface area contributed by atoms with Crippen LogP contribution in [-0.2, 0) is 23.9 Å². The maximum atomic E-state index is 12.8. The zero-order valence-corrected chi connectivity index (χ0v) is 19.7. The fourth-order valence-electron chi connectivity index (χ4n) is 4.96. The quantitative estimate of drug-likeness (QED) is 0.351. The van der Waals surface area contributed by atoms with Gasteiger partial charge in [-0.3, -0.25) is 24.1 Å². The fraction of sp³-hybridized carbons (Fsp3) is 0.524. The van der Waals surface area contributed by atoms with Gasteiger partial charge in [0.15, 0.2) is 6.61 Å². The molecular weight excluding hydrogens is 520 g/mol. The van der Waals surface area contributed by atoms with Crippen molar-refractivity contribution in [2.75, 3.05) is 18.5 Å². The summed E-state index contributed by atoms with van der Waals surface area (Å²) < 4.78 is 5.02. The largest absolute Gasteiger partial charge is 0.454 e. The van der Waals surface area contributed by atoms with Crippen molar-refractivity contribution >= 4 is 61.2 Å². The Bertz CT molecular complexity index is 904. The number of hydrogen-bond acceptors (Lipinski definition) is 5. The van der Waals surface area contributed by atoms with Crippen molar-refractivity contribution in [1.29, 1.82) is 0 Å². The number of rotatable bonds is 5. The molecule has 6 atom stereocenters. The normalized spacial score (nSPS) is 31.8. The topological polar surface area (TPSA) is 92.8 Å². The minimum Gasteiger partial charge on any atom is -0.454 e. The lowest BCUT2D eigenvalue weighted by Crippen LogP contribution is -2.38. The number of benzene rings is 1. The van der Waals surface area contributed by atoms with Crippen molar-refractivity contribution in [3.63, 3.8) is 0 Å². The Balaban J connectivity index is 1.33. The molecule has 3 fully saturated rings. The molecule has 1 saturated heterocycles. The number of halogens is 2. The number of nitrogens with one attached hydrogen (secondary N) is 1. The van der Waals surface area contributed by atoms with Crippen LogP contribution >= 0.6 is 31.9 Å². The number of hydrogen-bond donors (Lipinski definition) is 1. The maximum Gasteiger partial charge on any atom is 0.326 e. The predicted molar refractivity (Wildman–Crippen MR) is 116 cm³/mol. The summed E-state index contributed by atoms with van der Waals surface area (Å²) in [6.45, 7) is 2.89. The van der Waals surface area contributed by atoms with Crippen LogP contribution in [0.1, 0.15) is 17.5 Å². The summed E-state index contributed by atoms with van der Waals surface area (Å²) in [6.07, 6.45) is 0.829. The number of alkyl halides is 2. The summed E-state index contributed by atoms with van der Waals surface area (Å²) in [6, 6.07) is 5.53. The minimum absolute atomic E-state index is 0.0881. The van der Waals surface area contributed by atoms with E-state index in [0.29, 0.717) is 5.69 Å². The van der Waals surface area contributed by atoms with E-state index in [-0.39, 0.29) is 45.1 Å². The van der Waals surface area contributed by atoms with Gasteiger partial charge >= 0.3 is 5.97 Å². The van der Waals surface area contributed by atoms with Crippen LogP contribution in [0, 0.1) is 37.5 Å². The third-order valence-electron chi connectivity index (χ3n) is 6.61. The smallest absolute Gasteiger partial charge is 0.326 e. The van der Waals surface area contributed by atoms with E-state index in [9.17, 15) is 19.2 Å². The standard InChI is InChI=1S/C21H22Br2N2O5/c1-9-4-3-5-13(10(9)2)24-14(26)8-30-15(27)7-25-20(28)16-11-6-12(17(16)21(25)29)19(23)18(11)22/h3-5,11-12,16-19H,6-8H2,1-2H3,(H,24,26)/t11-,12-,16-,17+,18+,19+/m1/s1. The van der Waals surface area contributed by atoms with E-state index in [1.54, 1.807) is 6.07 Å². The Labute approximate surface area is 191 Å². The lowest BCUT2D eigenvalue weighted by Gasteiger charge is -2.28. The van der Waals surface area contributed by atoms with Crippen LogP contribution in [0.3, 0.4) is 0 Å². The first-order valence-corrected chi connectivity index (χ1v) is 11.7. The number of likely N-dealkylation sites (tertiary alicyclic amines) is 1. The van der Waals surface area contributed by atoms with Crippen LogP contribution < -0.4 is 5.32 Å². The van der Waals surface area contributed by atoms with Gasteiger partial charge in [0, 0.05) is 15.3 Å². The second-order valence-electron chi connectivity index (χ2n) is 8.22. The highest BCUT2D eigenvalue weighted by Crippen LogP contribution is 2.60. The van der Waals surface area contributed by atoms with Crippen LogP contribution in [0.2, 0.25) is 0 Å². The number of carbonyl (C=O) groups excluding carboxylic acids is 4. The second-order valence-corrected chi connectivity index (χ2v) is 10.3. The number of imide groups is 1. The molecule has 1 aromatic carbocycles. The van der Waals surface area contributed by atoms with Gasteiger partial charge in [0.1, 0.15) is 6.54 Å². The van der Waals surface area contributed by atoms with E-state index >= 15 is 0 Å². The molecule has 1 aliphatic heterocycles. The van der Waals surface area contributed by atoms with Crippen molar-refractivity contribution in [1.82, 2.24) is 4.90 Å². The van der Waals surface area contributed by atoms with E-state index in [1.807, 2.05) is 26.0 Å². The number of ether oxygens (including phenoxy) is 1. The Kier molecular flexibility index (Phi) is 5.78. The van der Waals surface area contributed by atoms with E-state index in [1.165, 1.54) is 0 Å². The summed E-state index contributed by atoms with van der Waals surface area (Å²) in [4.78, 5) is 51.2. The van der Waals surface area contributed by atoms with Gasteiger partial charge in [0.25, 0.3) is 5.91 Å². The molecule has 0 aromatic heterocycles. The van der Waals surface area contributed by atoms with Gasteiger partial charge < -0.3 is 10.1 Å². The molecule has 1 aromatic rings. The Morgan fingerprint density at radius 1 is 1.10 bits per heavy atom. The highest BCUT2D eigenvalue weighted by molar-refractivity contribution is 9.12. The highest BCUT2D eigenvalue weighted by Gasteiger charge is 2.66. The monoisotopic (exact) mass is 540 g/mol. The number of aryl methyl sites for hydroxylation is 1. The van der Waals surface area contributed by atoms with Gasteiger partial charge in [-0.25, -0.2) is 0 Å². The third-order valence-corrected chi connectivity index (χ3v) is 9.82. The Morgan fingerprint density at radius 2 is 1.70 bits per heavy atom.